The van der Waals surface area contributed by atoms with Gasteiger partial charge in [-0.25, -0.2) is 0 Å². The molecule has 1 aromatic rings. The molecule has 0 radical (unpaired) electrons. The highest BCUT2D eigenvalue weighted by Gasteiger charge is 2.11. The van der Waals surface area contributed by atoms with Crippen LogP contribution in [-0.2, 0) is 12.1 Å². The molecule has 0 atom stereocenters. The van der Waals surface area contributed by atoms with Crippen molar-refractivity contribution in [1.82, 2.24) is 9.88 Å². The molecular weight excluding hydrogens is 184 g/mol. The van der Waals surface area contributed by atoms with E-state index in [4.69, 9.17) is 0 Å². The Morgan fingerprint density at radius 2 is 2.00 bits per heavy atom. The highest BCUT2D eigenvalue weighted by molar-refractivity contribution is 5.11. The topological polar surface area (TPSA) is 17.0 Å². The molecule has 1 N–H and O–H groups in total. The van der Waals surface area contributed by atoms with E-state index < -0.39 is 0 Å². The van der Waals surface area contributed by atoms with E-state index in [-0.39, 0.29) is 5.54 Å². The van der Waals surface area contributed by atoms with Gasteiger partial charge in [0.05, 0.1) is 0 Å². The molecule has 0 amide bonds. The molecular formula is C13H24N2. The van der Waals surface area contributed by atoms with Crippen LogP contribution in [0.2, 0.25) is 0 Å². The first-order valence-corrected chi connectivity index (χ1v) is 5.77. The molecule has 1 rings (SSSR count). The van der Waals surface area contributed by atoms with Gasteiger partial charge >= 0.3 is 0 Å². The number of hydrogen-bond donors (Lipinski definition) is 1. The molecule has 86 valence electrons. The Morgan fingerprint density at radius 3 is 2.47 bits per heavy atom. The Bertz CT molecular complexity index is 292. The van der Waals surface area contributed by atoms with Gasteiger partial charge in [0.25, 0.3) is 0 Å². The lowest BCUT2D eigenvalue weighted by atomic mass is 10.1. The lowest BCUT2D eigenvalue weighted by Gasteiger charge is -2.20. The van der Waals surface area contributed by atoms with Crippen LogP contribution in [0.25, 0.3) is 0 Å². The number of hydrogen-bond acceptors (Lipinski definition) is 1. The third-order valence-corrected chi connectivity index (χ3v) is 2.41. The van der Waals surface area contributed by atoms with Crippen LogP contribution in [0.3, 0.4) is 0 Å². The minimum Gasteiger partial charge on any atom is -0.349 e. The summed E-state index contributed by atoms with van der Waals surface area (Å²) in [5.41, 5.74) is 1.56. The SMILES string of the molecule is CC(C)CNCc1ccn(C(C)(C)C)c1. The minimum absolute atomic E-state index is 0.191. The largest absolute Gasteiger partial charge is 0.349 e. The standard InChI is InChI=1S/C13H24N2/c1-11(2)8-14-9-12-6-7-15(10-12)13(3,4)5/h6-7,10-11,14H,8-9H2,1-5H3. The first kappa shape index (κ1) is 12.3. The van der Waals surface area contributed by atoms with E-state index in [1.807, 2.05) is 0 Å². The molecule has 0 saturated heterocycles. The average molecular weight is 208 g/mol. The third kappa shape index (κ3) is 4.08. The first-order valence-electron chi connectivity index (χ1n) is 5.77. The molecule has 0 aliphatic rings. The maximum atomic E-state index is 3.45. The molecule has 0 bridgehead atoms. The van der Waals surface area contributed by atoms with Crippen LogP contribution in [0.5, 0.6) is 0 Å². The van der Waals surface area contributed by atoms with Crippen LogP contribution in [0.4, 0.5) is 0 Å². The van der Waals surface area contributed by atoms with Crippen LogP contribution >= 0.6 is 0 Å². The van der Waals surface area contributed by atoms with Gasteiger partial charge in [-0.3, -0.25) is 0 Å². The van der Waals surface area contributed by atoms with E-state index in [9.17, 15) is 0 Å². The highest BCUT2D eigenvalue weighted by Crippen LogP contribution is 2.15. The van der Waals surface area contributed by atoms with Crippen LogP contribution in [0, 0.1) is 5.92 Å². The summed E-state index contributed by atoms with van der Waals surface area (Å²) in [4.78, 5) is 0. The first-order chi connectivity index (χ1) is 6.89. The van der Waals surface area contributed by atoms with Crippen molar-refractivity contribution in [2.24, 2.45) is 5.92 Å². The van der Waals surface area contributed by atoms with E-state index in [1.54, 1.807) is 0 Å². The van der Waals surface area contributed by atoms with Gasteiger partial charge in [-0.1, -0.05) is 13.8 Å². The third-order valence-electron chi connectivity index (χ3n) is 2.41. The second-order valence-electron chi connectivity index (χ2n) is 5.62. The molecule has 0 aliphatic carbocycles. The smallest absolute Gasteiger partial charge is 0.0355 e. The van der Waals surface area contributed by atoms with Gasteiger partial charge in [-0.05, 0) is 44.9 Å². The molecule has 0 aliphatic heterocycles. The van der Waals surface area contributed by atoms with Gasteiger partial charge in [0, 0.05) is 24.5 Å². The van der Waals surface area contributed by atoms with Gasteiger partial charge < -0.3 is 9.88 Å². The van der Waals surface area contributed by atoms with E-state index in [0.717, 1.165) is 19.0 Å². The van der Waals surface area contributed by atoms with Crippen LogP contribution in [-0.4, -0.2) is 11.1 Å². The van der Waals surface area contributed by atoms with E-state index >= 15 is 0 Å². The molecule has 0 unspecified atom stereocenters. The predicted octanol–water partition coefficient (Wildman–Crippen LogP) is 2.99. The van der Waals surface area contributed by atoms with Crippen molar-refractivity contribution in [3.8, 4) is 0 Å². The van der Waals surface area contributed by atoms with E-state index in [2.05, 4.69) is 63.0 Å². The van der Waals surface area contributed by atoms with Crippen molar-refractivity contribution in [3.63, 3.8) is 0 Å². The van der Waals surface area contributed by atoms with Gasteiger partial charge in [0.2, 0.25) is 0 Å². The quantitative estimate of drug-likeness (QED) is 0.805. The zero-order valence-electron chi connectivity index (χ0n) is 10.7. The fourth-order valence-corrected chi connectivity index (χ4v) is 1.47. The molecule has 2 heteroatoms. The molecule has 0 fully saturated rings. The lowest BCUT2D eigenvalue weighted by molar-refractivity contribution is 0.397. The zero-order chi connectivity index (χ0) is 11.5. The summed E-state index contributed by atoms with van der Waals surface area (Å²) in [5.74, 6) is 0.717. The summed E-state index contributed by atoms with van der Waals surface area (Å²) in [6, 6.07) is 2.19. The van der Waals surface area contributed by atoms with Crippen molar-refractivity contribution >= 4 is 0 Å². The maximum Gasteiger partial charge on any atom is 0.0355 e. The minimum atomic E-state index is 0.191. The monoisotopic (exact) mass is 208 g/mol. The zero-order valence-corrected chi connectivity index (χ0v) is 10.7. The van der Waals surface area contributed by atoms with Gasteiger partial charge in [-0.2, -0.15) is 0 Å². The Hall–Kier alpha value is -0.760. The van der Waals surface area contributed by atoms with Crippen LogP contribution in [0.15, 0.2) is 18.5 Å². The highest BCUT2D eigenvalue weighted by atomic mass is 15.0. The van der Waals surface area contributed by atoms with Crippen molar-refractivity contribution in [1.29, 1.82) is 0 Å². The van der Waals surface area contributed by atoms with Gasteiger partial charge in [0.15, 0.2) is 0 Å². The molecule has 0 saturated carbocycles. The molecule has 1 aromatic heterocycles. The second-order valence-corrected chi connectivity index (χ2v) is 5.62. The molecule has 15 heavy (non-hydrogen) atoms. The maximum absolute atomic E-state index is 3.45. The number of rotatable bonds is 4. The van der Waals surface area contributed by atoms with Crippen molar-refractivity contribution < 1.29 is 0 Å². The Labute approximate surface area is 93.7 Å². The summed E-state index contributed by atoms with van der Waals surface area (Å²) in [6.45, 7) is 13.2. The Balaban J connectivity index is 2.47. The van der Waals surface area contributed by atoms with Gasteiger partial charge in [0.1, 0.15) is 0 Å². The summed E-state index contributed by atoms with van der Waals surface area (Å²) >= 11 is 0. The molecule has 0 spiro atoms. The second kappa shape index (κ2) is 4.84. The summed E-state index contributed by atoms with van der Waals surface area (Å²) in [6.07, 6.45) is 4.39. The Kier molecular flexibility index (Phi) is 3.97. The number of nitrogens with zero attached hydrogens (tertiary/aromatic N) is 1. The predicted molar refractivity (Wildman–Crippen MR) is 66.0 cm³/mol. The van der Waals surface area contributed by atoms with Crippen molar-refractivity contribution in [3.05, 3.63) is 24.0 Å². The fourth-order valence-electron chi connectivity index (χ4n) is 1.47. The molecule has 0 aromatic carbocycles. The molecule has 1 heterocycles. The normalized spacial score (nSPS) is 12.4. The number of aromatic nitrogens is 1. The lowest BCUT2D eigenvalue weighted by Crippen LogP contribution is -2.20. The molecule has 2 nitrogen and oxygen atoms in total. The fraction of sp³-hybridized carbons (Fsp3) is 0.692. The van der Waals surface area contributed by atoms with Crippen LogP contribution in [0.1, 0.15) is 40.2 Å². The van der Waals surface area contributed by atoms with Crippen LogP contribution < -0.4 is 5.32 Å². The van der Waals surface area contributed by atoms with Gasteiger partial charge in [-0.15, -0.1) is 0 Å². The van der Waals surface area contributed by atoms with E-state index in [0.29, 0.717) is 0 Å². The summed E-state index contributed by atoms with van der Waals surface area (Å²) in [7, 11) is 0. The summed E-state index contributed by atoms with van der Waals surface area (Å²) in [5, 5.41) is 3.45. The summed E-state index contributed by atoms with van der Waals surface area (Å²) < 4.78 is 2.26. The van der Waals surface area contributed by atoms with Crippen molar-refractivity contribution in [2.75, 3.05) is 6.54 Å². The Morgan fingerprint density at radius 1 is 1.33 bits per heavy atom. The van der Waals surface area contributed by atoms with E-state index in [1.165, 1.54) is 5.56 Å². The number of nitrogens with one attached hydrogen (secondary N) is 1. The van der Waals surface area contributed by atoms with Crippen molar-refractivity contribution in [2.45, 2.75) is 46.7 Å². The average Bonchev–Trinajstić information content (AvgIpc) is 2.51.